The van der Waals surface area contributed by atoms with Crippen LogP contribution in [0.3, 0.4) is 0 Å². The molecule has 8 heteroatoms. The van der Waals surface area contributed by atoms with Gasteiger partial charge in [0.1, 0.15) is 6.61 Å². The first-order valence-corrected chi connectivity index (χ1v) is 6.79. The summed E-state index contributed by atoms with van der Waals surface area (Å²) >= 11 is 0. The van der Waals surface area contributed by atoms with Crippen LogP contribution in [0.1, 0.15) is 11.1 Å². The quantitative estimate of drug-likeness (QED) is 0.348. The second-order valence-corrected chi connectivity index (χ2v) is 4.68. The number of hydrogen-bond acceptors (Lipinski definition) is 6. The van der Waals surface area contributed by atoms with Gasteiger partial charge in [-0.05, 0) is 17.7 Å². The topological polar surface area (TPSA) is 113 Å². The molecule has 0 atom stereocenters. The van der Waals surface area contributed by atoms with Crippen LogP contribution in [-0.4, -0.2) is 15.8 Å². The highest BCUT2D eigenvalue weighted by atomic mass is 16.6. The Morgan fingerprint density at radius 3 is 2.50 bits per heavy atom. The number of non-ortho nitro benzene ring substituents is 1. The lowest BCUT2D eigenvalue weighted by Crippen LogP contribution is -2.01. The molecular weight excluding hydrogens is 316 g/mol. The third-order valence-electron chi connectivity index (χ3n) is 3.03. The molecule has 0 bridgehead atoms. The van der Waals surface area contributed by atoms with Crippen LogP contribution in [-0.2, 0) is 16.1 Å². The van der Waals surface area contributed by atoms with Crippen LogP contribution in [0.25, 0.3) is 6.08 Å². The number of nitrogens with zero attached hydrogens (tertiary/aromatic N) is 2. The number of hydrogen-bond donors (Lipinski definition) is 0. The first-order chi connectivity index (χ1) is 11.5. The Bertz CT molecular complexity index is 816. The van der Waals surface area contributed by atoms with Crippen LogP contribution >= 0.6 is 0 Å². The maximum atomic E-state index is 11.7. The van der Waals surface area contributed by atoms with Gasteiger partial charge in [0.15, 0.2) is 0 Å². The van der Waals surface area contributed by atoms with E-state index in [4.69, 9.17) is 4.74 Å². The molecule has 0 amide bonds. The van der Waals surface area contributed by atoms with Crippen molar-refractivity contribution >= 4 is 23.4 Å². The van der Waals surface area contributed by atoms with E-state index in [1.807, 2.05) is 0 Å². The van der Waals surface area contributed by atoms with E-state index in [9.17, 15) is 25.0 Å². The van der Waals surface area contributed by atoms with Crippen molar-refractivity contribution in [2.24, 2.45) is 0 Å². The Morgan fingerprint density at radius 2 is 1.79 bits per heavy atom. The molecule has 0 heterocycles. The molecule has 0 aliphatic carbocycles. The monoisotopic (exact) mass is 328 g/mol. The van der Waals surface area contributed by atoms with Gasteiger partial charge >= 0.3 is 5.97 Å². The minimum atomic E-state index is -0.709. The summed E-state index contributed by atoms with van der Waals surface area (Å²) in [5.41, 5.74) is 0.519. The van der Waals surface area contributed by atoms with E-state index in [1.54, 1.807) is 12.1 Å². The summed E-state index contributed by atoms with van der Waals surface area (Å²) in [5.74, 6) is -0.709. The second kappa shape index (κ2) is 7.63. The van der Waals surface area contributed by atoms with Gasteiger partial charge in [-0.3, -0.25) is 20.2 Å². The van der Waals surface area contributed by atoms with Crippen LogP contribution in [0.2, 0.25) is 0 Å². The van der Waals surface area contributed by atoms with Crippen molar-refractivity contribution in [3.63, 3.8) is 0 Å². The third-order valence-corrected chi connectivity index (χ3v) is 3.03. The highest BCUT2D eigenvalue weighted by molar-refractivity contribution is 5.87. The highest BCUT2D eigenvalue weighted by Crippen LogP contribution is 2.19. The number of carbonyl (C=O) groups excluding carboxylic acids is 1. The molecule has 2 aromatic carbocycles. The normalized spacial score (nSPS) is 10.5. The van der Waals surface area contributed by atoms with Crippen molar-refractivity contribution < 1.29 is 19.4 Å². The Labute approximate surface area is 136 Å². The van der Waals surface area contributed by atoms with Gasteiger partial charge < -0.3 is 4.74 Å². The van der Waals surface area contributed by atoms with E-state index in [0.29, 0.717) is 5.56 Å². The molecule has 24 heavy (non-hydrogen) atoms. The van der Waals surface area contributed by atoms with Crippen molar-refractivity contribution in [1.29, 1.82) is 0 Å². The van der Waals surface area contributed by atoms with Crippen molar-refractivity contribution in [3.8, 4) is 0 Å². The number of carbonyl (C=O) groups is 1. The second-order valence-electron chi connectivity index (χ2n) is 4.68. The van der Waals surface area contributed by atoms with Gasteiger partial charge in [-0.2, -0.15) is 0 Å². The number of nitro groups is 2. The molecular formula is C16H12N2O6. The fraction of sp³-hybridized carbons (Fsp3) is 0.0625. The van der Waals surface area contributed by atoms with E-state index >= 15 is 0 Å². The van der Waals surface area contributed by atoms with Crippen LogP contribution in [0.15, 0.2) is 54.6 Å². The zero-order valence-corrected chi connectivity index (χ0v) is 12.3. The molecule has 0 saturated carbocycles. The maximum Gasteiger partial charge on any atom is 0.331 e. The number of ether oxygens (including phenoxy) is 1. The van der Waals surface area contributed by atoms with Gasteiger partial charge in [0.2, 0.25) is 0 Å². The lowest BCUT2D eigenvalue weighted by Gasteiger charge is -2.02. The van der Waals surface area contributed by atoms with E-state index in [2.05, 4.69) is 0 Å². The van der Waals surface area contributed by atoms with Gasteiger partial charge in [0, 0.05) is 24.3 Å². The fourth-order valence-electron chi connectivity index (χ4n) is 1.91. The van der Waals surface area contributed by atoms with Crippen LogP contribution in [0, 0.1) is 20.2 Å². The first-order valence-electron chi connectivity index (χ1n) is 6.79. The lowest BCUT2D eigenvalue weighted by molar-refractivity contribution is -0.385. The maximum absolute atomic E-state index is 11.7. The van der Waals surface area contributed by atoms with Crippen molar-refractivity contribution in [2.75, 3.05) is 0 Å². The number of esters is 1. The third kappa shape index (κ3) is 4.47. The summed E-state index contributed by atoms with van der Waals surface area (Å²) in [6.07, 6.45) is 2.35. The Balaban J connectivity index is 2.00. The largest absolute Gasteiger partial charge is 0.458 e. The van der Waals surface area contributed by atoms with Crippen LogP contribution in [0.4, 0.5) is 11.4 Å². The molecule has 0 radical (unpaired) electrons. The minimum absolute atomic E-state index is 0.0981. The predicted molar refractivity (Wildman–Crippen MR) is 85.0 cm³/mol. The van der Waals surface area contributed by atoms with Gasteiger partial charge in [-0.15, -0.1) is 0 Å². The van der Waals surface area contributed by atoms with Crippen molar-refractivity contribution in [1.82, 2.24) is 0 Å². The molecule has 0 aliphatic rings. The van der Waals surface area contributed by atoms with Crippen LogP contribution < -0.4 is 0 Å². The molecule has 0 fully saturated rings. The van der Waals surface area contributed by atoms with Gasteiger partial charge in [-0.25, -0.2) is 4.79 Å². The standard InChI is InChI=1S/C16H12N2O6/c19-16(9-8-13-5-1-2-7-15(13)18(22)23)24-11-12-4-3-6-14(10-12)17(20)21/h1-10H,11H2. The molecule has 0 N–H and O–H groups in total. The van der Waals surface area contributed by atoms with E-state index in [0.717, 1.165) is 6.08 Å². The smallest absolute Gasteiger partial charge is 0.331 e. The molecule has 0 aromatic heterocycles. The van der Waals surface area contributed by atoms with E-state index in [1.165, 1.54) is 42.5 Å². The predicted octanol–water partition coefficient (Wildman–Crippen LogP) is 3.26. The average molecular weight is 328 g/mol. The molecule has 0 spiro atoms. The molecule has 0 aliphatic heterocycles. The first kappa shape index (κ1) is 16.8. The lowest BCUT2D eigenvalue weighted by atomic mass is 10.1. The number of benzene rings is 2. The van der Waals surface area contributed by atoms with E-state index in [-0.39, 0.29) is 23.5 Å². The molecule has 0 unspecified atom stereocenters. The number of para-hydroxylation sites is 1. The molecule has 8 nitrogen and oxygen atoms in total. The van der Waals surface area contributed by atoms with Crippen molar-refractivity contribution in [2.45, 2.75) is 6.61 Å². The van der Waals surface area contributed by atoms with Crippen molar-refractivity contribution in [3.05, 3.63) is 86.0 Å². The summed E-state index contributed by atoms with van der Waals surface area (Å²) < 4.78 is 4.97. The molecule has 2 rings (SSSR count). The summed E-state index contributed by atoms with van der Waals surface area (Å²) in [6, 6.07) is 11.7. The molecule has 2 aromatic rings. The van der Waals surface area contributed by atoms with Gasteiger partial charge in [-0.1, -0.05) is 24.3 Å². The Morgan fingerprint density at radius 1 is 1.04 bits per heavy atom. The van der Waals surface area contributed by atoms with Gasteiger partial charge in [0.25, 0.3) is 11.4 Å². The Hall–Kier alpha value is -3.55. The summed E-state index contributed by atoms with van der Waals surface area (Å²) in [4.78, 5) is 32.1. The zero-order valence-electron chi connectivity index (χ0n) is 12.3. The highest BCUT2D eigenvalue weighted by Gasteiger charge is 2.10. The molecule has 122 valence electrons. The zero-order chi connectivity index (χ0) is 17.5. The van der Waals surface area contributed by atoms with E-state index < -0.39 is 15.8 Å². The summed E-state index contributed by atoms with van der Waals surface area (Å²) in [6.45, 7) is -0.137. The minimum Gasteiger partial charge on any atom is -0.458 e. The van der Waals surface area contributed by atoms with Gasteiger partial charge in [0.05, 0.1) is 15.4 Å². The fourth-order valence-corrected chi connectivity index (χ4v) is 1.91. The summed E-state index contributed by atoms with van der Waals surface area (Å²) in [7, 11) is 0. The average Bonchev–Trinajstić information content (AvgIpc) is 2.58. The Kier molecular flexibility index (Phi) is 5.35. The molecule has 0 saturated heterocycles. The SMILES string of the molecule is O=C(C=Cc1ccccc1[N+](=O)[O-])OCc1cccc([N+](=O)[O-])c1. The number of nitro benzene ring substituents is 2. The van der Waals surface area contributed by atoms with Crippen LogP contribution in [0.5, 0.6) is 0 Å². The number of rotatable bonds is 6. The summed E-state index contributed by atoms with van der Waals surface area (Å²) in [5, 5.41) is 21.5.